The molecule has 1 aliphatic carbocycles. The summed E-state index contributed by atoms with van der Waals surface area (Å²) >= 11 is 12.0. The Kier molecular flexibility index (Phi) is 2.06. The molecule has 0 saturated heterocycles. The maximum Gasteiger partial charge on any atom is 0.195 e. The Bertz CT molecular complexity index is 617. The summed E-state index contributed by atoms with van der Waals surface area (Å²) in [5.41, 5.74) is 3.00. The number of benzene rings is 2. The third-order valence-corrected chi connectivity index (χ3v) is 3.26. The van der Waals surface area contributed by atoms with Crippen LogP contribution in [0.3, 0.4) is 0 Å². The molecule has 2 aromatic carbocycles. The SMILES string of the molecule is O=C1c2ccccc2-c2cc(Cl)cc(Cl)c21. The van der Waals surface area contributed by atoms with Crippen LogP contribution in [0.2, 0.25) is 10.0 Å². The van der Waals surface area contributed by atoms with Crippen LogP contribution >= 0.6 is 23.2 Å². The van der Waals surface area contributed by atoms with E-state index in [9.17, 15) is 4.79 Å². The molecule has 3 rings (SSSR count). The summed E-state index contributed by atoms with van der Waals surface area (Å²) in [6.07, 6.45) is 0. The first-order valence-electron chi connectivity index (χ1n) is 4.81. The van der Waals surface area contributed by atoms with Gasteiger partial charge in [0.15, 0.2) is 5.78 Å². The normalized spacial score (nSPS) is 12.5. The topological polar surface area (TPSA) is 17.1 Å². The highest BCUT2D eigenvalue weighted by Crippen LogP contribution is 2.41. The standard InChI is InChI=1S/C13H6Cl2O/c14-7-5-10-8-3-1-2-4-9(8)13(16)12(10)11(15)6-7/h1-6H. The molecule has 0 heterocycles. The Morgan fingerprint density at radius 2 is 1.56 bits per heavy atom. The average molecular weight is 249 g/mol. The summed E-state index contributed by atoms with van der Waals surface area (Å²) < 4.78 is 0. The number of halogens is 2. The zero-order chi connectivity index (χ0) is 11.3. The molecule has 0 atom stereocenters. The second-order valence-corrected chi connectivity index (χ2v) is 4.53. The summed E-state index contributed by atoms with van der Waals surface area (Å²) in [5, 5.41) is 0.969. The predicted molar refractivity (Wildman–Crippen MR) is 65.3 cm³/mol. The third kappa shape index (κ3) is 1.22. The molecule has 1 aliphatic rings. The van der Waals surface area contributed by atoms with Gasteiger partial charge in [0, 0.05) is 16.1 Å². The van der Waals surface area contributed by atoms with E-state index in [4.69, 9.17) is 23.2 Å². The quantitative estimate of drug-likeness (QED) is 0.583. The lowest BCUT2D eigenvalue weighted by Gasteiger charge is -2.02. The molecule has 3 heteroatoms. The van der Waals surface area contributed by atoms with Crippen molar-refractivity contribution in [3.05, 3.63) is 57.6 Å². The predicted octanol–water partition coefficient (Wildman–Crippen LogP) is 4.20. The van der Waals surface area contributed by atoms with Crippen LogP contribution < -0.4 is 0 Å². The van der Waals surface area contributed by atoms with Crippen LogP contribution in [-0.4, -0.2) is 5.78 Å². The molecular weight excluding hydrogens is 243 g/mol. The van der Waals surface area contributed by atoms with Crippen molar-refractivity contribution in [2.24, 2.45) is 0 Å². The van der Waals surface area contributed by atoms with E-state index in [-0.39, 0.29) is 5.78 Å². The summed E-state index contributed by atoms with van der Waals surface area (Å²) in [6, 6.07) is 10.8. The van der Waals surface area contributed by atoms with Crippen molar-refractivity contribution in [3.8, 4) is 11.1 Å². The first kappa shape index (κ1) is 9.88. The van der Waals surface area contributed by atoms with Crippen LogP contribution in [0, 0.1) is 0 Å². The van der Waals surface area contributed by atoms with Crippen LogP contribution in [0.4, 0.5) is 0 Å². The van der Waals surface area contributed by atoms with Crippen LogP contribution in [-0.2, 0) is 0 Å². The number of hydrogen-bond donors (Lipinski definition) is 0. The van der Waals surface area contributed by atoms with Crippen molar-refractivity contribution in [1.29, 1.82) is 0 Å². The second kappa shape index (κ2) is 3.34. The van der Waals surface area contributed by atoms with Gasteiger partial charge in [-0.2, -0.15) is 0 Å². The molecule has 0 fully saturated rings. The van der Waals surface area contributed by atoms with E-state index in [2.05, 4.69) is 0 Å². The fraction of sp³-hybridized carbons (Fsp3) is 0. The van der Waals surface area contributed by atoms with Crippen LogP contribution in [0.1, 0.15) is 15.9 Å². The molecule has 0 saturated carbocycles. The molecule has 0 spiro atoms. The number of ketones is 1. The lowest BCUT2D eigenvalue weighted by Crippen LogP contribution is -1.95. The van der Waals surface area contributed by atoms with Gasteiger partial charge in [0.1, 0.15) is 0 Å². The van der Waals surface area contributed by atoms with E-state index in [1.165, 1.54) is 0 Å². The minimum atomic E-state index is -0.0210. The van der Waals surface area contributed by atoms with Crippen molar-refractivity contribution in [1.82, 2.24) is 0 Å². The van der Waals surface area contributed by atoms with Crippen LogP contribution in [0.15, 0.2) is 36.4 Å². The van der Waals surface area contributed by atoms with E-state index >= 15 is 0 Å². The van der Waals surface area contributed by atoms with Gasteiger partial charge in [0.05, 0.1) is 5.02 Å². The molecule has 78 valence electrons. The van der Waals surface area contributed by atoms with Crippen LogP contribution in [0.5, 0.6) is 0 Å². The fourth-order valence-corrected chi connectivity index (χ4v) is 2.65. The molecule has 0 amide bonds. The molecule has 0 aliphatic heterocycles. The molecule has 0 unspecified atom stereocenters. The lowest BCUT2D eigenvalue weighted by atomic mass is 10.1. The Hall–Kier alpha value is -1.31. The fourth-order valence-electron chi connectivity index (χ4n) is 2.07. The molecule has 0 radical (unpaired) electrons. The lowest BCUT2D eigenvalue weighted by molar-refractivity contribution is 0.104. The highest BCUT2D eigenvalue weighted by Gasteiger charge is 2.28. The minimum absolute atomic E-state index is 0.0210. The van der Waals surface area contributed by atoms with Gasteiger partial charge >= 0.3 is 0 Å². The van der Waals surface area contributed by atoms with Crippen molar-refractivity contribution in [2.45, 2.75) is 0 Å². The second-order valence-electron chi connectivity index (χ2n) is 3.68. The molecule has 0 N–H and O–H groups in total. The number of rotatable bonds is 0. The van der Waals surface area contributed by atoms with E-state index in [0.717, 1.165) is 11.1 Å². The van der Waals surface area contributed by atoms with Gasteiger partial charge in [-0.25, -0.2) is 0 Å². The smallest absolute Gasteiger partial charge is 0.195 e. The van der Waals surface area contributed by atoms with Crippen molar-refractivity contribution < 1.29 is 4.79 Å². The van der Waals surface area contributed by atoms with E-state index < -0.39 is 0 Å². The van der Waals surface area contributed by atoms with Gasteiger partial charge < -0.3 is 0 Å². The minimum Gasteiger partial charge on any atom is -0.289 e. The summed E-state index contributed by atoms with van der Waals surface area (Å²) in [4.78, 5) is 12.1. The Morgan fingerprint density at radius 3 is 2.31 bits per heavy atom. The van der Waals surface area contributed by atoms with E-state index in [1.54, 1.807) is 12.1 Å². The maximum absolute atomic E-state index is 12.1. The average Bonchev–Trinajstić information content (AvgIpc) is 2.54. The van der Waals surface area contributed by atoms with Gasteiger partial charge in [-0.3, -0.25) is 4.79 Å². The molecular formula is C13H6Cl2O. The maximum atomic E-state index is 12.1. The van der Waals surface area contributed by atoms with E-state index in [1.807, 2.05) is 24.3 Å². The Morgan fingerprint density at radius 1 is 0.875 bits per heavy atom. The Balaban J connectivity index is 2.42. The summed E-state index contributed by atoms with van der Waals surface area (Å²) in [6.45, 7) is 0. The molecule has 1 nitrogen and oxygen atoms in total. The Labute approximate surface area is 103 Å². The van der Waals surface area contributed by atoms with Gasteiger partial charge in [0.25, 0.3) is 0 Å². The number of carbonyl (C=O) groups excluding carboxylic acids is 1. The van der Waals surface area contributed by atoms with Gasteiger partial charge in [-0.15, -0.1) is 0 Å². The highest BCUT2D eigenvalue weighted by atomic mass is 35.5. The van der Waals surface area contributed by atoms with Gasteiger partial charge in [-0.05, 0) is 23.3 Å². The molecule has 2 aromatic rings. The first-order valence-corrected chi connectivity index (χ1v) is 5.57. The summed E-state index contributed by atoms with van der Waals surface area (Å²) in [7, 11) is 0. The van der Waals surface area contributed by atoms with Gasteiger partial charge in [-0.1, -0.05) is 47.5 Å². The number of hydrogen-bond acceptors (Lipinski definition) is 1. The zero-order valence-electron chi connectivity index (χ0n) is 8.13. The largest absolute Gasteiger partial charge is 0.289 e. The zero-order valence-corrected chi connectivity index (χ0v) is 9.64. The van der Waals surface area contributed by atoms with Crippen LogP contribution in [0.25, 0.3) is 11.1 Å². The monoisotopic (exact) mass is 248 g/mol. The molecule has 16 heavy (non-hydrogen) atoms. The first-order chi connectivity index (χ1) is 7.68. The number of carbonyl (C=O) groups is 1. The highest BCUT2D eigenvalue weighted by molar-refractivity contribution is 6.40. The van der Waals surface area contributed by atoms with Gasteiger partial charge in [0.2, 0.25) is 0 Å². The van der Waals surface area contributed by atoms with Crippen molar-refractivity contribution >= 4 is 29.0 Å². The van der Waals surface area contributed by atoms with Crippen molar-refractivity contribution in [3.63, 3.8) is 0 Å². The van der Waals surface area contributed by atoms with E-state index in [0.29, 0.717) is 21.2 Å². The summed E-state index contributed by atoms with van der Waals surface area (Å²) in [5.74, 6) is -0.0210. The molecule has 0 aromatic heterocycles. The molecule has 0 bridgehead atoms. The van der Waals surface area contributed by atoms with Crippen molar-refractivity contribution in [2.75, 3.05) is 0 Å². The number of fused-ring (bicyclic) bond motifs is 3. The third-order valence-electron chi connectivity index (χ3n) is 2.74.